The van der Waals surface area contributed by atoms with Gasteiger partial charge in [0.2, 0.25) is 0 Å². The van der Waals surface area contributed by atoms with Crippen LogP contribution in [0.5, 0.6) is 0 Å². The van der Waals surface area contributed by atoms with Gasteiger partial charge in [-0.25, -0.2) is 9.97 Å². The van der Waals surface area contributed by atoms with Crippen LogP contribution in [0.15, 0.2) is 91.3 Å². The number of rotatable bonds is 5. The summed E-state index contributed by atoms with van der Waals surface area (Å²) in [6, 6.07) is 29.5. The summed E-state index contributed by atoms with van der Waals surface area (Å²) < 4.78 is 0. The molecule has 36 heavy (non-hydrogen) atoms. The van der Waals surface area contributed by atoms with Gasteiger partial charge in [-0.2, -0.15) is 0 Å². The highest BCUT2D eigenvalue weighted by atomic mass is 16.3. The smallest absolute Gasteiger partial charge is 0.135 e. The molecule has 182 valence electrons. The van der Waals surface area contributed by atoms with Gasteiger partial charge in [-0.1, -0.05) is 66.7 Å². The topological polar surface area (TPSA) is 64.5 Å². The van der Waals surface area contributed by atoms with E-state index < -0.39 is 6.10 Å². The monoisotopic (exact) mass is 477 g/mol. The molecule has 1 fully saturated rings. The van der Waals surface area contributed by atoms with E-state index in [1.807, 2.05) is 36.4 Å². The lowest BCUT2D eigenvalue weighted by Crippen LogP contribution is -2.55. The molecule has 0 saturated carbocycles. The van der Waals surface area contributed by atoms with Crippen molar-refractivity contribution < 1.29 is 5.11 Å². The van der Waals surface area contributed by atoms with Crippen LogP contribution in [-0.2, 0) is 13.0 Å². The van der Waals surface area contributed by atoms with Gasteiger partial charge in [-0.3, -0.25) is 4.90 Å². The molecule has 2 aliphatic rings. The zero-order valence-electron chi connectivity index (χ0n) is 20.3. The lowest BCUT2D eigenvalue weighted by atomic mass is 9.94. The van der Waals surface area contributed by atoms with Gasteiger partial charge >= 0.3 is 0 Å². The standard InChI is InChI=1S/C30H31N5O/c36-28-20-35(16-14-27(28)34-15-13-23-9-4-5-10-25(23)19-34)30-18-29(31-21-32-30)33-26-12-6-11-24(17-26)22-7-2-1-3-8-22/h1-12,17-18,21,27-28,36H,13-16,19-20H2,(H,31,32,33). The van der Waals surface area contributed by atoms with Crippen LogP contribution >= 0.6 is 0 Å². The highest BCUT2D eigenvalue weighted by Gasteiger charge is 2.34. The Morgan fingerprint density at radius 3 is 2.47 bits per heavy atom. The highest BCUT2D eigenvalue weighted by Crippen LogP contribution is 2.28. The molecule has 2 atom stereocenters. The largest absolute Gasteiger partial charge is 0.390 e. The summed E-state index contributed by atoms with van der Waals surface area (Å²) in [5.74, 6) is 1.59. The number of aliphatic hydroxyl groups is 1. The Balaban J connectivity index is 1.12. The molecule has 6 heteroatoms. The number of aromatic nitrogens is 2. The Kier molecular flexibility index (Phi) is 6.36. The molecule has 1 aromatic heterocycles. The van der Waals surface area contributed by atoms with Crippen molar-refractivity contribution in [2.45, 2.75) is 31.5 Å². The molecule has 2 aliphatic heterocycles. The fourth-order valence-corrected chi connectivity index (χ4v) is 5.50. The molecule has 3 aromatic carbocycles. The number of benzene rings is 3. The fourth-order valence-electron chi connectivity index (χ4n) is 5.50. The van der Waals surface area contributed by atoms with Crippen LogP contribution in [0.1, 0.15) is 17.5 Å². The lowest BCUT2D eigenvalue weighted by molar-refractivity contribution is 0.0293. The molecule has 0 radical (unpaired) electrons. The second-order valence-corrected chi connectivity index (χ2v) is 9.69. The molecule has 0 bridgehead atoms. The number of nitrogens with one attached hydrogen (secondary N) is 1. The van der Waals surface area contributed by atoms with Crippen molar-refractivity contribution in [1.82, 2.24) is 14.9 Å². The number of hydrogen-bond donors (Lipinski definition) is 2. The van der Waals surface area contributed by atoms with Crippen molar-refractivity contribution in [2.75, 3.05) is 29.9 Å². The molecule has 2 N–H and O–H groups in total. The van der Waals surface area contributed by atoms with Crippen LogP contribution in [0.3, 0.4) is 0 Å². The van der Waals surface area contributed by atoms with Gasteiger partial charge in [-0.05, 0) is 47.2 Å². The predicted molar refractivity (Wildman–Crippen MR) is 144 cm³/mol. The number of fused-ring (bicyclic) bond motifs is 1. The van der Waals surface area contributed by atoms with E-state index in [-0.39, 0.29) is 6.04 Å². The molecule has 4 aromatic rings. The first kappa shape index (κ1) is 22.7. The van der Waals surface area contributed by atoms with E-state index in [1.54, 1.807) is 6.33 Å². The molecule has 6 nitrogen and oxygen atoms in total. The van der Waals surface area contributed by atoms with E-state index in [4.69, 9.17) is 0 Å². The summed E-state index contributed by atoms with van der Waals surface area (Å²) >= 11 is 0. The Morgan fingerprint density at radius 1 is 0.806 bits per heavy atom. The second-order valence-electron chi connectivity index (χ2n) is 9.69. The Hall–Kier alpha value is -3.74. The first-order valence-corrected chi connectivity index (χ1v) is 12.7. The van der Waals surface area contributed by atoms with Crippen LogP contribution in [0, 0.1) is 0 Å². The quantitative estimate of drug-likeness (QED) is 0.427. The third kappa shape index (κ3) is 4.83. The van der Waals surface area contributed by atoms with E-state index in [2.05, 4.69) is 73.6 Å². The van der Waals surface area contributed by atoms with Crippen molar-refractivity contribution in [1.29, 1.82) is 0 Å². The second kappa shape index (κ2) is 10.1. The van der Waals surface area contributed by atoms with Gasteiger partial charge < -0.3 is 15.3 Å². The highest BCUT2D eigenvalue weighted by molar-refractivity contribution is 5.70. The Labute approximate surface area is 212 Å². The summed E-state index contributed by atoms with van der Waals surface area (Å²) in [5.41, 5.74) is 6.14. The maximum atomic E-state index is 11.1. The van der Waals surface area contributed by atoms with Gasteiger partial charge in [0.1, 0.15) is 18.0 Å². The maximum absolute atomic E-state index is 11.1. The van der Waals surface area contributed by atoms with Gasteiger partial charge in [0.05, 0.1) is 6.10 Å². The summed E-state index contributed by atoms with van der Waals surface area (Å²) in [5, 5.41) is 14.5. The summed E-state index contributed by atoms with van der Waals surface area (Å²) in [7, 11) is 0. The van der Waals surface area contributed by atoms with Gasteiger partial charge in [0.25, 0.3) is 0 Å². The maximum Gasteiger partial charge on any atom is 0.135 e. The summed E-state index contributed by atoms with van der Waals surface area (Å²) in [6.07, 6.45) is 3.14. The number of hydrogen-bond acceptors (Lipinski definition) is 6. The van der Waals surface area contributed by atoms with Crippen LogP contribution in [0.25, 0.3) is 11.1 Å². The molecule has 2 unspecified atom stereocenters. The molecule has 1 saturated heterocycles. The fraction of sp³-hybridized carbons (Fsp3) is 0.267. The Bertz CT molecular complexity index is 1330. The van der Waals surface area contributed by atoms with Crippen molar-refractivity contribution in [2.24, 2.45) is 0 Å². The lowest BCUT2D eigenvalue weighted by Gasteiger charge is -2.43. The zero-order valence-corrected chi connectivity index (χ0v) is 20.3. The van der Waals surface area contributed by atoms with Crippen LogP contribution in [0.4, 0.5) is 17.3 Å². The van der Waals surface area contributed by atoms with E-state index in [1.165, 1.54) is 16.7 Å². The first-order chi connectivity index (χ1) is 17.7. The van der Waals surface area contributed by atoms with E-state index in [0.29, 0.717) is 6.54 Å². The number of β-amino-alcohol motifs (C(OH)–C–C–N with tert-alkyl or cyclic N) is 1. The average Bonchev–Trinajstić information content (AvgIpc) is 2.93. The van der Waals surface area contributed by atoms with Crippen molar-refractivity contribution in [3.05, 3.63) is 102 Å². The van der Waals surface area contributed by atoms with Gasteiger partial charge in [-0.15, -0.1) is 0 Å². The van der Waals surface area contributed by atoms with Gasteiger partial charge in [0, 0.05) is 44.0 Å². The predicted octanol–water partition coefficient (Wildman–Crippen LogP) is 4.89. The number of nitrogens with zero attached hydrogens (tertiary/aromatic N) is 4. The summed E-state index contributed by atoms with van der Waals surface area (Å²) in [6.45, 7) is 3.35. The minimum Gasteiger partial charge on any atom is -0.390 e. The average molecular weight is 478 g/mol. The van der Waals surface area contributed by atoms with Crippen LogP contribution in [-0.4, -0.2) is 51.8 Å². The zero-order chi connectivity index (χ0) is 24.3. The number of anilines is 3. The molecule has 6 rings (SSSR count). The molecule has 3 heterocycles. The minimum atomic E-state index is -0.419. The van der Waals surface area contributed by atoms with Crippen molar-refractivity contribution >= 4 is 17.3 Å². The Morgan fingerprint density at radius 2 is 1.61 bits per heavy atom. The van der Waals surface area contributed by atoms with E-state index >= 15 is 0 Å². The number of piperidine rings is 1. The SMILES string of the molecule is OC1CN(c2cc(Nc3cccc(-c4ccccc4)c3)ncn2)CCC1N1CCc2ccccc2C1. The molecular formula is C30H31N5O. The van der Waals surface area contributed by atoms with E-state index in [0.717, 1.165) is 55.4 Å². The van der Waals surface area contributed by atoms with Gasteiger partial charge in [0.15, 0.2) is 0 Å². The van der Waals surface area contributed by atoms with Crippen LogP contribution < -0.4 is 10.2 Å². The van der Waals surface area contributed by atoms with Crippen molar-refractivity contribution in [3.63, 3.8) is 0 Å². The third-order valence-corrected chi connectivity index (χ3v) is 7.39. The molecule has 0 aliphatic carbocycles. The van der Waals surface area contributed by atoms with Crippen LogP contribution in [0.2, 0.25) is 0 Å². The molecular weight excluding hydrogens is 446 g/mol. The normalized spacial score (nSPS) is 20.1. The van der Waals surface area contributed by atoms with E-state index in [9.17, 15) is 5.11 Å². The van der Waals surface area contributed by atoms with Crippen molar-refractivity contribution in [3.8, 4) is 11.1 Å². The number of aliphatic hydroxyl groups excluding tert-OH is 1. The minimum absolute atomic E-state index is 0.176. The molecule has 0 amide bonds. The summed E-state index contributed by atoms with van der Waals surface area (Å²) in [4.78, 5) is 13.6. The first-order valence-electron chi connectivity index (χ1n) is 12.7. The molecule has 0 spiro atoms. The third-order valence-electron chi connectivity index (χ3n) is 7.39.